The highest BCUT2D eigenvalue weighted by molar-refractivity contribution is 9.10. The van der Waals surface area contributed by atoms with Gasteiger partial charge in [-0.3, -0.25) is 19.3 Å². The maximum Gasteiger partial charge on any atom is 0.247 e. The first-order valence-electron chi connectivity index (χ1n) is 8.40. The minimum absolute atomic E-state index is 0.143. The Labute approximate surface area is 148 Å². The number of fused-ring (bicyclic) bond motifs is 5. The topological polar surface area (TPSA) is 66.5 Å². The lowest BCUT2D eigenvalue weighted by Crippen LogP contribution is -2.46. The van der Waals surface area contributed by atoms with E-state index in [9.17, 15) is 14.4 Å². The molecule has 4 rings (SSSR count). The van der Waals surface area contributed by atoms with Crippen LogP contribution in [0.5, 0.6) is 0 Å². The van der Waals surface area contributed by atoms with Gasteiger partial charge in [0, 0.05) is 10.2 Å². The number of amides is 3. The van der Waals surface area contributed by atoms with Gasteiger partial charge in [0.25, 0.3) is 0 Å². The summed E-state index contributed by atoms with van der Waals surface area (Å²) in [4.78, 5) is 39.2. The Morgan fingerprint density at radius 1 is 1.12 bits per heavy atom. The molecule has 1 aromatic rings. The highest BCUT2D eigenvalue weighted by atomic mass is 79.9. The number of anilines is 1. The molecule has 2 bridgehead atoms. The number of benzene rings is 1. The number of imide groups is 1. The van der Waals surface area contributed by atoms with Crippen LogP contribution in [-0.4, -0.2) is 28.7 Å². The molecule has 5 nitrogen and oxygen atoms in total. The first-order valence-corrected chi connectivity index (χ1v) is 9.20. The second kappa shape index (κ2) is 5.69. The van der Waals surface area contributed by atoms with Crippen molar-refractivity contribution in [3.8, 4) is 0 Å². The second-order valence-electron chi connectivity index (χ2n) is 7.10. The summed E-state index contributed by atoms with van der Waals surface area (Å²) in [6.45, 7) is 1.63. The van der Waals surface area contributed by atoms with Crippen LogP contribution in [0.15, 0.2) is 28.7 Å². The monoisotopic (exact) mass is 390 g/mol. The van der Waals surface area contributed by atoms with E-state index in [4.69, 9.17) is 0 Å². The third-order valence-electron chi connectivity index (χ3n) is 5.84. The van der Waals surface area contributed by atoms with E-state index < -0.39 is 6.04 Å². The van der Waals surface area contributed by atoms with Crippen LogP contribution in [-0.2, 0) is 14.4 Å². The van der Waals surface area contributed by atoms with Crippen molar-refractivity contribution in [2.75, 3.05) is 5.32 Å². The van der Waals surface area contributed by atoms with Crippen LogP contribution in [0.2, 0.25) is 0 Å². The van der Waals surface area contributed by atoms with Crippen molar-refractivity contribution in [3.63, 3.8) is 0 Å². The quantitative estimate of drug-likeness (QED) is 0.806. The van der Waals surface area contributed by atoms with Gasteiger partial charge in [0.2, 0.25) is 17.7 Å². The number of likely N-dealkylation sites (tertiary alicyclic amines) is 1. The minimum atomic E-state index is -0.779. The molecule has 1 aromatic carbocycles. The van der Waals surface area contributed by atoms with Gasteiger partial charge >= 0.3 is 0 Å². The maximum absolute atomic E-state index is 12.7. The Morgan fingerprint density at radius 2 is 1.67 bits per heavy atom. The normalized spacial score (nSPS) is 32.2. The zero-order chi connectivity index (χ0) is 17.0. The van der Waals surface area contributed by atoms with Crippen LogP contribution < -0.4 is 5.32 Å². The molecule has 3 aliphatic rings. The number of halogens is 1. The summed E-state index contributed by atoms with van der Waals surface area (Å²) in [5, 5.41) is 2.78. The number of rotatable bonds is 3. The van der Waals surface area contributed by atoms with Crippen LogP contribution in [0.4, 0.5) is 5.69 Å². The summed E-state index contributed by atoms with van der Waals surface area (Å²) in [7, 11) is 0. The predicted molar refractivity (Wildman–Crippen MR) is 91.9 cm³/mol. The van der Waals surface area contributed by atoms with E-state index in [2.05, 4.69) is 21.2 Å². The van der Waals surface area contributed by atoms with Crippen molar-refractivity contribution in [1.29, 1.82) is 0 Å². The highest BCUT2D eigenvalue weighted by Crippen LogP contribution is 2.56. The van der Waals surface area contributed by atoms with Gasteiger partial charge in [-0.2, -0.15) is 0 Å². The predicted octanol–water partition coefficient (Wildman–Crippen LogP) is 2.81. The molecule has 126 valence electrons. The second-order valence-corrected chi connectivity index (χ2v) is 8.02. The largest absolute Gasteiger partial charge is 0.324 e. The van der Waals surface area contributed by atoms with E-state index in [1.165, 1.54) is 4.90 Å². The summed E-state index contributed by atoms with van der Waals surface area (Å²) in [6.07, 6.45) is 3.08. The number of hydrogen-bond donors (Lipinski definition) is 1. The Hall–Kier alpha value is -1.69. The molecule has 1 aliphatic heterocycles. The molecule has 1 N–H and O–H groups in total. The van der Waals surface area contributed by atoms with Crippen LogP contribution in [0, 0.1) is 23.7 Å². The van der Waals surface area contributed by atoms with Crippen molar-refractivity contribution >= 4 is 39.3 Å². The third kappa shape index (κ3) is 2.31. The molecular weight excluding hydrogens is 372 g/mol. The van der Waals surface area contributed by atoms with Gasteiger partial charge in [-0.15, -0.1) is 0 Å². The Bertz CT molecular complexity index is 689. The molecule has 3 amide bonds. The lowest BCUT2D eigenvalue weighted by Gasteiger charge is -2.23. The summed E-state index contributed by atoms with van der Waals surface area (Å²) in [6, 6.07) is 6.43. The molecule has 5 atom stereocenters. The first kappa shape index (κ1) is 15.8. The number of carbonyl (C=O) groups excluding carboxylic acids is 3. The summed E-state index contributed by atoms with van der Waals surface area (Å²) in [5.41, 5.74) is 0.648. The lowest BCUT2D eigenvalue weighted by atomic mass is 9.81. The summed E-state index contributed by atoms with van der Waals surface area (Å²) >= 11 is 3.34. The fourth-order valence-electron chi connectivity index (χ4n) is 4.71. The fourth-order valence-corrected chi connectivity index (χ4v) is 4.98. The van der Waals surface area contributed by atoms with Gasteiger partial charge in [0.1, 0.15) is 6.04 Å². The van der Waals surface area contributed by atoms with Gasteiger partial charge in [-0.05, 0) is 62.3 Å². The van der Waals surface area contributed by atoms with Crippen molar-refractivity contribution in [3.05, 3.63) is 28.7 Å². The van der Waals surface area contributed by atoms with Crippen molar-refractivity contribution in [2.45, 2.75) is 32.2 Å². The van der Waals surface area contributed by atoms with Gasteiger partial charge < -0.3 is 5.32 Å². The number of nitrogens with zero attached hydrogens (tertiary/aromatic N) is 1. The molecule has 0 aromatic heterocycles. The Balaban J connectivity index is 1.51. The minimum Gasteiger partial charge on any atom is -0.324 e. The van der Waals surface area contributed by atoms with Crippen molar-refractivity contribution in [1.82, 2.24) is 4.90 Å². The molecule has 6 heteroatoms. The molecule has 3 fully saturated rings. The third-order valence-corrected chi connectivity index (χ3v) is 6.37. The van der Waals surface area contributed by atoms with E-state index in [0.29, 0.717) is 17.5 Å². The lowest BCUT2D eigenvalue weighted by molar-refractivity contribution is -0.146. The van der Waals surface area contributed by atoms with E-state index in [-0.39, 0.29) is 29.6 Å². The first-order chi connectivity index (χ1) is 11.5. The zero-order valence-electron chi connectivity index (χ0n) is 13.4. The van der Waals surface area contributed by atoms with E-state index >= 15 is 0 Å². The number of hydrogen-bond acceptors (Lipinski definition) is 3. The average Bonchev–Trinajstić information content (AvgIpc) is 3.23. The number of carbonyl (C=O) groups is 3. The van der Waals surface area contributed by atoms with Crippen LogP contribution in [0.1, 0.15) is 26.2 Å². The van der Waals surface area contributed by atoms with E-state index in [1.54, 1.807) is 19.1 Å². The van der Waals surface area contributed by atoms with Crippen molar-refractivity contribution in [2.24, 2.45) is 23.7 Å². The zero-order valence-corrected chi connectivity index (χ0v) is 15.0. The van der Waals surface area contributed by atoms with Crippen LogP contribution >= 0.6 is 15.9 Å². The molecule has 2 saturated carbocycles. The molecule has 0 unspecified atom stereocenters. The molecule has 1 saturated heterocycles. The molecule has 1 heterocycles. The van der Waals surface area contributed by atoms with Gasteiger partial charge in [-0.1, -0.05) is 15.9 Å². The fraction of sp³-hybridized carbons (Fsp3) is 0.500. The molecule has 0 spiro atoms. The highest BCUT2D eigenvalue weighted by Gasteiger charge is 2.62. The average molecular weight is 391 g/mol. The Kier molecular flexibility index (Phi) is 3.75. The van der Waals surface area contributed by atoms with Gasteiger partial charge in [0.15, 0.2) is 0 Å². The van der Waals surface area contributed by atoms with Gasteiger partial charge in [0.05, 0.1) is 11.8 Å². The number of nitrogens with one attached hydrogen (secondary N) is 1. The smallest absolute Gasteiger partial charge is 0.247 e. The van der Waals surface area contributed by atoms with Gasteiger partial charge in [-0.25, -0.2) is 0 Å². The van der Waals surface area contributed by atoms with Crippen molar-refractivity contribution < 1.29 is 14.4 Å². The molecular formula is C18H19BrN2O3. The Morgan fingerprint density at radius 3 is 2.21 bits per heavy atom. The SMILES string of the molecule is C[C@H](C(=O)Nc1ccc(Br)cc1)N1C(=O)[C@@H]2[C@H]3CC[C@@H](C3)[C@H]2C1=O. The summed E-state index contributed by atoms with van der Waals surface area (Å²) < 4.78 is 0.918. The van der Waals surface area contributed by atoms with Crippen LogP contribution in [0.25, 0.3) is 0 Å². The molecule has 24 heavy (non-hydrogen) atoms. The molecule has 0 radical (unpaired) electrons. The van der Waals surface area contributed by atoms with E-state index in [1.807, 2.05) is 12.1 Å². The van der Waals surface area contributed by atoms with E-state index in [0.717, 1.165) is 23.7 Å². The standard InChI is InChI=1S/C18H19BrN2O3/c1-9(16(22)20-13-6-4-12(19)5-7-13)21-17(23)14-10-2-3-11(8-10)15(14)18(21)24/h4-7,9-11,14-15H,2-3,8H2,1H3,(H,20,22)/t9-,10+,11+,14-,15-/m1/s1. The summed E-state index contributed by atoms with van der Waals surface area (Å²) in [5.74, 6) is -0.303. The molecule has 2 aliphatic carbocycles. The maximum atomic E-state index is 12.7. The van der Waals surface area contributed by atoms with Crippen LogP contribution in [0.3, 0.4) is 0 Å².